The van der Waals surface area contributed by atoms with Gasteiger partial charge in [0.25, 0.3) is 0 Å². The number of allylic oxidation sites excluding steroid dienone is 1. The number of hydrogen-bond donors (Lipinski definition) is 3. The Morgan fingerprint density at radius 3 is 2.84 bits per heavy atom. The lowest BCUT2D eigenvalue weighted by atomic mass is 9.48. The van der Waals surface area contributed by atoms with Crippen LogP contribution >= 0.6 is 0 Å². The SMILES string of the molecule is COc1ccc2c(c1)CCC1C2CC[C@@]2(C)[C@]13C=C[C@]2(O)C(NO)C3. The number of benzene rings is 1. The van der Waals surface area contributed by atoms with Crippen LogP contribution in [0.15, 0.2) is 30.4 Å². The summed E-state index contributed by atoms with van der Waals surface area (Å²) >= 11 is 0. The third-order valence-electron chi connectivity index (χ3n) is 8.35. The van der Waals surface area contributed by atoms with Crippen LogP contribution < -0.4 is 10.2 Å². The van der Waals surface area contributed by atoms with E-state index in [4.69, 9.17) is 4.74 Å². The number of ether oxygens (including phenoxy) is 1. The molecule has 6 atom stereocenters. The van der Waals surface area contributed by atoms with Crippen LogP contribution in [0.4, 0.5) is 0 Å². The first-order chi connectivity index (χ1) is 12.0. The summed E-state index contributed by atoms with van der Waals surface area (Å²) in [5, 5.41) is 21.0. The highest BCUT2D eigenvalue weighted by atomic mass is 16.5. The van der Waals surface area contributed by atoms with Gasteiger partial charge < -0.3 is 15.1 Å². The first-order valence-electron chi connectivity index (χ1n) is 9.48. The Hall–Kier alpha value is -1.36. The highest BCUT2D eigenvalue weighted by molar-refractivity contribution is 5.45. The third-order valence-corrected chi connectivity index (χ3v) is 8.35. The third kappa shape index (κ3) is 1.64. The molecule has 4 heteroatoms. The second-order valence-corrected chi connectivity index (χ2v) is 8.77. The number of hydrogen-bond acceptors (Lipinski definition) is 4. The lowest BCUT2D eigenvalue weighted by molar-refractivity contribution is -0.101. The Labute approximate surface area is 148 Å². The summed E-state index contributed by atoms with van der Waals surface area (Å²) in [4.78, 5) is 0. The van der Waals surface area contributed by atoms with E-state index in [1.807, 2.05) is 6.08 Å². The molecular formula is C21H27NO3. The van der Waals surface area contributed by atoms with Crippen LogP contribution in [0, 0.1) is 16.7 Å². The van der Waals surface area contributed by atoms with Gasteiger partial charge in [0, 0.05) is 10.8 Å². The van der Waals surface area contributed by atoms with Crippen molar-refractivity contribution in [3.8, 4) is 5.75 Å². The molecule has 0 spiro atoms. The number of fused-ring (bicyclic) bond motifs is 3. The fourth-order valence-electron chi connectivity index (χ4n) is 7.00. The minimum Gasteiger partial charge on any atom is -0.497 e. The monoisotopic (exact) mass is 341 g/mol. The van der Waals surface area contributed by atoms with Crippen molar-refractivity contribution in [1.82, 2.24) is 5.48 Å². The van der Waals surface area contributed by atoms with Gasteiger partial charge in [-0.3, -0.25) is 0 Å². The van der Waals surface area contributed by atoms with Gasteiger partial charge >= 0.3 is 0 Å². The summed E-state index contributed by atoms with van der Waals surface area (Å²) in [6.45, 7) is 2.24. The molecule has 1 aromatic rings. The van der Waals surface area contributed by atoms with Crippen molar-refractivity contribution >= 4 is 0 Å². The van der Waals surface area contributed by atoms with E-state index in [0.29, 0.717) is 11.8 Å². The highest BCUT2D eigenvalue weighted by Crippen LogP contribution is 2.74. The van der Waals surface area contributed by atoms with Gasteiger partial charge in [-0.1, -0.05) is 25.1 Å². The van der Waals surface area contributed by atoms with E-state index in [-0.39, 0.29) is 16.9 Å². The average molecular weight is 341 g/mol. The van der Waals surface area contributed by atoms with Crippen LogP contribution in [-0.4, -0.2) is 29.1 Å². The minimum absolute atomic E-state index is 0.0251. The Morgan fingerprint density at radius 2 is 2.08 bits per heavy atom. The molecule has 2 saturated carbocycles. The van der Waals surface area contributed by atoms with Crippen molar-refractivity contribution < 1.29 is 15.1 Å². The summed E-state index contributed by atoms with van der Waals surface area (Å²) in [7, 11) is 1.73. The first kappa shape index (κ1) is 15.9. The second-order valence-electron chi connectivity index (χ2n) is 8.77. The molecule has 4 aliphatic rings. The van der Waals surface area contributed by atoms with E-state index < -0.39 is 5.60 Å². The molecule has 3 unspecified atom stereocenters. The summed E-state index contributed by atoms with van der Waals surface area (Å²) in [5.74, 6) is 2.00. The lowest BCUT2D eigenvalue weighted by Gasteiger charge is -2.56. The van der Waals surface area contributed by atoms with Crippen molar-refractivity contribution in [1.29, 1.82) is 0 Å². The number of nitrogens with one attached hydrogen (secondary N) is 1. The average Bonchev–Trinajstić information content (AvgIpc) is 2.99. The van der Waals surface area contributed by atoms with Gasteiger partial charge in [0.2, 0.25) is 0 Å². The van der Waals surface area contributed by atoms with E-state index >= 15 is 0 Å². The van der Waals surface area contributed by atoms with E-state index in [9.17, 15) is 10.3 Å². The fourth-order valence-corrected chi connectivity index (χ4v) is 7.00. The topological polar surface area (TPSA) is 61.7 Å². The molecule has 0 aliphatic heterocycles. The molecule has 1 aromatic carbocycles. The Bertz CT molecular complexity index is 762. The zero-order chi connectivity index (χ0) is 17.4. The van der Waals surface area contributed by atoms with Crippen molar-refractivity contribution in [2.45, 2.75) is 56.6 Å². The summed E-state index contributed by atoms with van der Waals surface area (Å²) in [5.41, 5.74) is 4.17. The predicted octanol–water partition coefficient (Wildman–Crippen LogP) is 3.18. The maximum atomic E-state index is 11.4. The highest BCUT2D eigenvalue weighted by Gasteiger charge is 2.74. The molecule has 4 nitrogen and oxygen atoms in total. The number of rotatable bonds is 2. The van der Waals surface area contributed by atoms with E-state index in [1.165, 1.54) is 11.1 Å². The zero-order valence-corrected chi connectivity index (χ0v) is 15.0. The van der Waals surface area contributed by atoms with E-state index in [0.717, 1.165) is 37.9 Å². The minimum atomic E-state index is -0.938. The maximum absolute atomic E-state index is 11.4. The maximum Gasteiger partial charge on any atom is 0.119 e. The predicted molar refractivity (Wildman–Crippen MR) is 94.7 cm³/mol. The molecule has 0 amide bonds. The van der Waals surface area contributed by atoms with Crippen molar-refractivity contribution in [3.05, 3.63) is 41.5 Å². The second kappa shape index (κ2) is 4.87. The molecule has 0 saturated heterocycles. The fraction of sp³-hybridized carbons (Fsp3) is 0.619. The molecule has 0 radical (unpaired) electrons. The van der Waals surface area contributed by atoms with Gasteiger partial charge in [-0.25, -0.2) is 0 Å². The van der Waals surface area contributed by atoms with Gasteiger partial charge in [0.1, 0.15) is 11.4 Å². The summed E-state index contributed by atoms with van der Waals surface area (Å²) < 4.78 is 5.41. The van der Waals surface area contributed by atoms with Crippen molar-refractivity contribution in [2.75, 3.05) is 7.11 Å². The van der Waals surface area contributed by atoms with Gasteiger partial charge in [0.05, 0.1) is 13.2 Å². The Kier molecular flexibility index (Phi) is 3.09. The van der Waals surface area contributed by atoms with Crippen LogP contribution in [0.3, 0.4) is 0 Å². The quantitative estimate of drug-likeness (QED) is 0.571. The molecule has 0 aromatic heterocycles. The van der Waals surface area contributed by atoms with E-state index in [2.05, 4.69) is 36.7 Å². The largest absolute Gasteiger partial charge is 0.497 e. The molecule has 25 heavy (non-hydrogen) atoms. The molecular weight excluding hydrogens is 314 g/mol. The van der Waals surface area contributed by atoms with Gasteiger partial charge in [-0.05, 0) is 67.2 Å². The number of aryl methyl sites for hydroxylation is 1. The summed E-state index contributed by atoms with van der Waals surface area (Å²) in [6.07, 6.45) is 9.39. The van der Waals surface area contributed by atoms with Gasteiger partial charge in [-0.2, -0.15) is 5.48 Å². The van der Waals surface area contributed by atoms with Crippen molar-refractivity contribution in [2.24, 2.45) is 16.7 Å². The summed E-state index contributed by atoms with van der Waals surface area (Å²) in [6, 6.07) is 6.27. The van der Waals surface area contributed by atoms with Gasteiger partial charge in [0.15, 0.2) is 0 Å². The number of hydroxylamine groups is 1. The molecule has 5 rings (SSSR count). The van der Waals surface area contributed by atoms with Crippen molar-refractivity contribution in [3.63, 3.8) is 0 Å². The van der Waals surface area contributed by atoms with Crippen LogP contribution in [0.5, 0.6) is 5.75 Å². The lowest BCUT2D eigenvalue weighted by Crippen LogP contribution is -2.55. The van der Waals surface area contributed by atoms with Crippen LogP contribution in [-0.2, 0) is 6.42 Å². The van der Waals surface area contributed by atoms with Gasteiger partial charge in [-0.15, -0.1) is 0 Å². The Balaban J connectivity index is 1.60. The molecule has 4 aliphatic carbocycles. The molecule has 2 bridgehead atoms. The first-order valence-corrected chi connectivity index (χ1v) is 9.48. The van der Waals surface area contributed by atoms with Crippen LogP contribution in [0.1, 0.15) is 49.7 Å². The number of methoxy groups -OCH3 is 1. The molecule has 3 N–H and O–H groups in total. The van der Waals surface area contributed by atoms with Crippen LogP contribution in [0.2, 0.25) is 0 Å². The molecule has 0 heterocycles. The molecule has 134 valence electrons. The molecule has 2 fully saturated rings. The standard InChI is InChI=1S/C21H27NO3/c1-19-8-7-16-15-5-4-14(25-2)11-13(15)3-6-17(16)20(19)9-10-21(19,23)18(12-20)22-24/h4-5,9-11,16-18,22-24H,3,6-8,12H2,1-2H3/t16?,17?,18?,19-,20-,21-/m0/s1. The van der Waals surface area contributed by atoms with E-state index in [1.54, 1.807) is 7.11 Å². The zero-order valence-electron chi connectivity index (χ0n) is 15.0. The Morgan fingerprint density at radius 1 is 1.24 bits per heavy atom. The smallest absolute Gasteiger partial charge is 0.119 e. The normalized spacial score (nSPS) is 46.5. The van der Waals surface area contributed by atoms with Crippen LogP contribution in [0.25, 0.3) is 0 Å². The number of aliphatic hydroxyl groups is 1.